The molecule has 0 radical (unpaired) electrons. The van der Waals surface area contributed by atoms with Crippen molar-refractivity contribution in [2.75, 3.05) is 43.3 Å². The number of morpholine rings is 1. The van der Waals surface area contributed by atoms with Gasteiger partial charge in [-0.3, -0.25) is 9.89 Å². The SMILES string of the molecule is O=C(Nc1ccc(N2CCOCC2)c(F)c1)c1cc(-c2ccc3c(c2)OCO3)n[nH]1. The molecule has 0 atom stereocenters. The van der Waals surface area contributed by atoms with Crippen LogP contribution in [0.4, 0.5) is 15.8 Å². The first-order valence-electron chi connectivity index (χ1n) is 9.56. The second-order valence-corrected chi connectivity index (χ2v) is 6.95. The maximum atomic E-state index is 14.5. The third-order valence-electron chi connectivity index (χ3n) is 5.05. The number of benzene rings is 2. The number of carbonyl (C=O) groups is 1. The van der Waals surface area contributed by atoms with Gasteiger partial charge >= 0.3 is 0 Å². The predicted molar refractivity (Wildman–Crippen MR) is 108 cm³/mol. The summed E-state index contributed by atoms with van der Waals surface area (Å²) in [5.74, 6) is 0.514. The number of nitrogens with one attached hydrogen (secondary N) is 2. The van der Waals surface area contributed by atoms with Crippen LogP contribution in [0.5, 0.6) is 11.5 Å². The lowest BCUT2D eigenvalue weighted by atomic mass is 10.1. The minimum atomic E-state index is -0.409. The Morgan fingerprint density at radius 1 is 1.07 bits per heavy atom. The Kier molecular flexibility index (Phi) is 4.72. The summed E-state index contributed by atoms with van der Waals surface area (Å²) in [5.41, 5.74) is 2.51. The van der Waals surface area contributed by atoms with Crippen molar-refractivity contribution in [3.63, 3.8) is 0 Å². The van der Waals surface area contributed by atoms with Crippen LogP contribution in [0, 0.1) is 5.82 Å². The Balaban J connectivity index is 1.29. The Morgan fingerprint density at radius 2 is 1.90 bits per heavy atom. The molecule has 1 aromatic heterocycles. The molecule has 1 saturated heterocycles. The fraction of sp³-hybridized carbons (Fsp3) is 0.238. The Labute approximate surface area is 171 Å². The summed E-state index contributed by atoms with van der Waals surface area (Å²) in [6.45, 7) is 2.61. The van der Waals surface area contributed by atoms with Crippen molar-refractivity contribution in [3.05, 3.63) is 54.0 Å². The van der Waals surface area contributed by atoms with Crippen LogP contribution in [0.25, 0.3) is 11.3 Å². The number of H-pyrrole nitrogens is 1. The van der Waals surface area contributed by atoms with Crippen molar-refractivity contribution < 1.29 is 23.4 Å². The number of hydrogen-bond donors (Lipinski definition) is 2. The van der Waals surface area contributed by atoms with Crippen LogP contribution in [0.15, 0.2) is 42.5 Å². The zero-order valence-electron chi connectivity index (χ0n) is 16.0. The van der Waals surface area contributed by atoms with Gasteiger partial charge in [-0.25, -0.2) is 4.39 Å². The highest BCUT2D eigenvalue weighted by atomic mass is 19.1. The standard InChI is InChI=1S/C21H19FN4O4/c22-15-10-14(2-3-18(15)26-5-7-28-8-6-26)23-21(27)17-11-16(24-25-17)13-1-4-19-20(9-13)30-12-29-19/h1-4,9-11H,5-8,12H2,(H,23,27)(H,24,25). The van der Waals surface area contributed by atoms with Crippen LogP contribution in [-0.4, -0.2) is 49.2 Å². The summed E-state index contributed by atoms with van der Waals surface area (Å²) in [6, 6.07) is 11.7. The second-order valence-electron chi connectivity index (χ2n) is 6.95. The Bertz CT molecular complexity index is 1090. The van der Waals surface area contributed by atoms with Gasteiger partial charge in [0.1, 0.15) is 11.5 Å². The number of anilines is 2. The van der Waals surface area contributed by atoms with Crippen molar-refractivity contribution in [1.29, 1.82) is 0 Å². The molecule has 0 bridgehead atoms. The maximum absolute atomic E-state index is 14.5. The maximum Gasteiger partial charge on any atom is 0.273 e. The lowest BCUT2D eigenvalue weighted by Crippen LogP contribution is -2.36. The van der Waals surface area contributed by atoms with E-state index in [1.807, 2.05) is 11.0 Å². The molecule has 9 heteroatoms. The molecular formula is C21H19FN4O4. The number of rotatable bonds is 4. The van der Waals surface area contributed by atoms with Gasteiger partial charge in [-0.15, -0.1) is 0 Å². The lowest BCUT2D eigenvalue weighted by molar-refractivity contribution is 0.102. The molecular weight excluding hydrogens is 391 g/mol. The number of nitrogens with zero attached hydrogens (tertiary/aromatic N) is 2. The van der Waals surface area contributed by atoms with Crippen LogP contribution >= 0.6 is 0 Å². The fourth-order valence-electron chi connectivity index (χ4n) is 3.49. The molecule has 3 aromatic rings. The number of halogens is 1. The molecule has 2 aliphatic heterocycles. The molecule has 154 valence electrons. The molecule has 0 unspecified atom stereocenters. The number of fused-ring (bicyclic) bond motifs is 1. The molecule has 3 heterocycles. The van der Waals surface area contributed by atoms with E-state index in [1.165, 1.54) is 6.07 Å². The largest absolute Gasteiger partial charge is 0.454 e. The van der Waals surface area contributed by atoms with Crippen molar-refractivity contribution in [2.45, 2.75) is 0 Å². The normalized spacial score (nSPS) is 15.3. The van der Waals surface area contributed by atoms with Gasteiger partial charge in [0.2, 0.25) is 6.79 Å². The van der Waals surface area contributed by atoms with E-state index in [2.05, 4.69) is 15.5 Å². The minimum Gasteiger partial charge on any atom is -0.454 e. The molecule has 0 saturated carbocycles. The molecule has 0 spiro atoms. The van der Waals surface area contributed by atoms with E-state index in [4.69, 9.17) is 14.2 Å². The lowest BCUT2D eigenvalue weighted by Gasteiger charge is -2.29. The summed E-state index contributed by atoms with van der Waals surface area (Å²) in [4.78, 5) is 14.5. The van der Waals surface area contributed by atoms with Gasteiger partial charge in [0, 0.05) is 24.3 Å². The third-order valence-corrected chi connectivity index (χ3v) is 5.05. The molecule has 2 aromatic carbocycles. The van der Waals surface area contributed by atoms with Crippen LogP contribution in [0.3, 0.4) is 0 Å². The highest BCUT2D eigenvalue weighted by molar-refractivity contribution is 6.03. The van der Waals surface area contributed by atoms with Gasteiger partial charge in [0.05, 0.1) is 24.6 Å². The van der Waals surface area contributed by atoms with E-state index in [1.54, 1.807) is 30.3 Å². The van der Waals surface area contributed by atoms with Crippen molar-refractivity contribution in [1.82, 2.24) is 10.2 Å². The molecule has 1 amide bonds. The number of hydrogen-bond acceptors (Lipinski definition) is 6. The topological polar surface area (TPSA) is 88.7 Å². The quantitative estimate of drug-likeness (QED) is 0.687. The van der Waals surface area contributed by atoms with Gasteiger partial charge in [-0.2, -0.15) is 5.10 Å². The number of amides is 1. The Morgan fingerprint density at radius 3 is 2.73 bits per heavy atom. The van der Waals surface area contributed by atoms with E-state index in [9.17, 15) is 9.18 Å². The van der Waals surface area contributed by atoms with E-state index in [0.29, 0.717) is 54.9 Å². The monoisotopic (exact) mass is 410 g/mol. The van der Waals surface area contributed by atoms with E-state index >= 15 is 0 Å². The first-order valence-corrected chi connectivity index (χ1v) is 9.56. The highest BCUT2D eigenvalue weighted by Crippen LogP contribution is 2.35. The number of carbonyl (C=O) groups excluding carboxylic acids is 1. The average Bonchev–Trinajstić information content (AvgIpc) is 3.44. The third kappa shape index (κ3) is 3.55. The summed E-state index contributed by atoms with van der Waals surface area (Å²) < 4.78 is 30.5. The second kappa shape index (κ2) is 7.68. The smallest absolute Gasteiger partial charge is 0.273 e. The van der Waals surface area contributed by atoms with Crippen LogP contribution in [-0.2, 0) is 4.74 Å². The zero-order valence-corrected chi connectivity index (χ0v) is 16.0. The van der Waals surface area contributed by atoms with E-state index < -0.39 is 5.91 Å². The fourth-order valence-corrected chi connectivity index (χ4v) is 3.49. The summed E-state index contributed by atoms with van der Waals surface area (Å²) >= 11 is 0. The molecule has 5 rings (SSSR count). The van der Waals surface area contributed by atoms with Crippen LogP contribution < -0.4 is 19.7 Å². The van der Waals surface area contributed by atoms with E-state index in [0.717, 1.165) is 5.56 Å². The molecule has 2 N–H and O–H groups in total. The Hall–Kier alpha value is -3.59. The number of aromatic amines is 1. The van der Waals surface area contributed by atoms with Crippen LogP contribution in [0.1, 0.15) is 10.5 Å². The molecule has 2 aliphatic rings. The van der Waals surface area contributed by atoms with Gasteiger partial charge in [-0.05, 0) is 42.5 Å². The first kappa shape index (κ1) is 18.4. The van der Waals surface area contributed by atoms with Crippen molar-refractivity contribution in [3.8, 4) is 22.8 Å². The summed E-state index contributed by atoms with van der Waals surface area (Å²) in [6.07, 6.45) is 0. The van der Waals surface area contributed by atoms with Gasteiger partial charge in [0.15, 0.2) is 11.5 Å². The van der Waals surface area contributed by atoms with Crippen molar-refractivity contribution >= 4 is 17.3 Å². The van der Waals surface area contributed by atoms with Crippen LogP contribution in [0.2, 0.25) is 0 Å². The van der Waals surface area contributed by atoms with Gasteiger partial charge in [-0.1, -0.05) is 0 Å². The summed E-state index contributed by atoms with van der Waals surface area (Å²) in [7, 11) is 0. The number of aromatic nitrogens is 2. The molecule has 1 fully saturated rings. The van der Waals surface area contributed by atoms with Gasteiger partial charge in [0.25, 0.3) is 5.91 Å². The predicted octanol–water partition coefficient (Wildman–Crippen LogP) is 3.03. The van der Waals surface area contributed by atoms with E-state index in [-0.39, 0.29) is 18.3 Å². The van der Waals surface area contributed by atoms with Crippen molar-refractivity contribution in [2.24, 2.45) is 0 Å². The van der Waals surface area contributed by atoms with Gasteiger partial charge < -0.3 is 24.4 Å². The minimum absolute atomic E-state index is 0.188. The number of ether oxygens (including phenoxy) is 3. The first-order chi connectivity index (χ1) is 14.7. The molecule has 8 nitrogen and oxygen atoms in total. The highest BCUT2D eigenvalue weighted by Gasteiger charge is 2.18. The summed E-state index contributed by atoms with van der Waals surface area (Å²) in [5, 5.41) is 9.61. The zero-order chi connectivity index (χ0) is 20.5. The molecule has 30 heavy (non-hydrogen) atoms. The molecule has 0 aliphatic carbocycles. The average molecular weight is 410 g/mol.